The molecule has 0 spiro atoms. The fourth-order valence-corrected chi connectivity index (χ4v) is 4.59. The van der Waals surface area contributed by atoms with Gasteiger partial charge in [-0.1, -0.05) is 49.6 Å². The lowest BCUT2D eigenvalue weighted by atomic mass is 9.61. The van der Waals surface area contributed by atoms with Crippen molar-refractivity contribution >= 4 is 0 Å². The highest BCUT2D eigenvalue weighted by molar-refractivity contribution is 5.58. The van der Waals surface area contributed by atoms with E-state index >= 15 is 0 Å². The third-order valence-electron chi connectivity index (χ3n) is 6.00. The third kappa shape index (κ3) is 2.83. The molecule has 1 heterocycles. The quantitative estimate of drug-likeness (QED) is 0.865. The van der Waals surface area contributed by atoms with Gasteiger partial charge in [-0.2, -0.15) is 0 Å². The van der Waals surface area contributed by atoms with Crippen molar-refractivity contribution in [2.45, 2.75) is 62.8 Å². The van der Waals surface area contributed by atoms with Crippen molar-refractivity contribution in [3.05, 3.63) is 42.4 Å². The first-order valence-electron chi connectivity index (χ1n) is 9.15. The fraction of sp³-hybridized carbons (Fsp3) is 0.550. The van der Waals surface area contributed by atoms with Crippen LogP contribution in [0.2, 0.25) is 0 Å². The van der Waals surface area contributed by atoms with Gasteiger partial charge in [0.1, 0.15) is 5.82 Å². The topological polar surface area (TPSA) is 54.7 Å². The molecular weight excluding hydrogens is 282 g/mol. The number of benzene rings is 1. The summed E-state index contributed by atoms with van der Waals surface area (Å²) < 4.78 is 0. The summed E-state index contributed by atoms with van der Waals surface area (Å²) in [6.07, 6.45) is 12.3. The molecule has 2 aliphatic rings. The molecule has 2 fully saturated rings. The molecule has 0 saturated heterocycles. The first-order chi connectivity index (χ1) is 11.3. The number of rotatable bonds is 4. The number of H-pyrrole nitrogens is 1. The van der Waals surface area contributed by atoms with Gasteiger partial charge in [-0.15, -0.1) is 0 Å². The lowest BCUT2D eigenvalue weighted by Crippen LogP contribution is -2.54. The van der Waals surface area contributed by atoms with E-state index in [1.54, 1.807) is 0 Å². The van der Waals surface area contributed by atoms with Crippen molar-refractivity contribution in [1.29, 1.82) is 0 Å². The zero-order valence-corrected chi connectivity index (χ0v) is 13.8. The summed E-state index contributed by atoms with van der Waals surface area (Å²) in [7, 11) is 0. The Labute approximate surface area is 138 Å². The minimum Gasteiger partial charge on any atom is -0.342 e. The van der Waals surface area contributed by atoms with Gasteiger partial charge in [0.2, 0.25) is 0 Å². The van der Waals surface area contributed by atoms with Gasteiger partial charge >= 0.3 is 0 Å². The van der Waals surface area contributed by atoms with Crippen LogP contribution >= 0.6 is 0 Å². The fourth-order valence-electron chi connectivity index (χ4n) is 4.59. The van der Waals surface area contributed by atoms with Crippen LogP contribution in [0.15, 0.2) is 36.5 Å². The normalized spacial score (nSPS) is 22.5. The van der Waals surface area contributed by atoms with Gasteiger partial charge in [0, 0.05) is 11.5 Å². The summed E-state index contributed by atoms with van der Waals surface area (Å²) >= 11 is 0. The highest BCUT2D eigenvalue weighted by Gasteiger charge is 2.46. The van der Waals surface area contributed by atoms with Crippen molar-refractivity contribution in [3.8, 4) is 11.3 Å². The molecule has 3 nitrogen and oxygen atoms in total. The maximum Gasteiger partial charge on any atom is 0.111 e. The molecule has 0 aliphatic heterocycles. The van der Waals surface area contributed by atoms with Crippen LogP contribution < -0.4 is 5.73 Å². The highest BCUT2D eigenvalue weighted by atomic mass is 15.0. The summed E-state index contributed by atoms with van der Waals surface area (Å²) in [4.78, 5) is 8.39. The lowest BCUT2D eigenvalue weighted by Gasteiger charge is -2.48. The molecule has 0 radical (unpaired) electrons. The van der Waals surface area contributed by atoms with Gasteiger partial charge in [0.25, 0.3) is 0 Å². The monoisotopic (exact) mass is 309 g/mol. The van der Waals surface area contributed by atoms with Crippen molar-refractivity contribution in [1.82, 2.24) is 9.97 Å². The number of imidazole rings is 1. The maximum atomic E-state index is 6.80. The van der Waals surface area contributed by atoms with Crippen molar-refractivity contribution < 1.29 is 0 Å². The van der Waals surface area contributed by atoms with Crippen LogP contribution in [0.4, 0.5) is 0 Å². The second-order valence-electron chi connectivity index (χ2n) is 7.51. The summed E-state index contributed by atoms with van der Waals surface area (Å²) in [5.41, 5.74) is 9.08. The van der Waals surface area contributed by atoms with Crippen LogP contribution in [0, 0.1) is 5.92 Å². The van der Waals surface area contributed by atoms with Gasteiger partial charge in [-0.3, -0.25) is 0 Å². The number of aromatic nitrogens is 2. The van der Waals surface area contributed by atoms with Crippen LogP contribution in [0.25, 0.3) is 11.3 Å². The number of aromatic amines is 1. The summed E-state index contributed by atoms with van der Waals surface area (Å²) in [6, 6.07) is 10.5. The summed E-state index contributed by atoms with van der Waals surface area (Å²) in [5.74, 6) is 2.22. The van der Waals surface area contributed by atoms with Crippen molar-refractivity contribution in [2.24, 2.45) is 11.7 Å². The van der Waals surface area contributed by atoms with Crippen LogP contribution in [0.5, 0.6) is 0 Å². The van der Waals surface area contributed by atoms with Gasteiger partial charge in [0.15, 0.2) is 0 Å². The van der Waals surface area contributed by atoms with E-state index in [-0.39, 0.29) is 5.54 Å². The summed E-state index contributed by atoms with van der Waals surface area (Å²) in [5, 5.41) is 0. The van der Waals surface area contributed by atoms with Gasteiger partial charge in [0.05, 0.1) is 11.9 Å². The highest BCUT2D eigenvalue weighted by Crippen LogP contribution is 2.48. The number of nitrogens with zero attached hydrogens (tertiary/aromatic N) is 1. The molecular formula is C20H27N3. The smallest absolute Gasteiger partial charge is 0.111 e. The minimum absolute atomic E-state index is 0.0339. The molecule has 1 aromatic carbocycles. The second-order valence-corrected chi connectivity index (χ2v) is 7.51. The average molecular weight is 309 g/mol. The molecule has 122 valence electrons. The molecule has 2 saturated carbocycles. The molecule has 23 heavy (non-hydrogen) atoms. The van der Waals surface area contributed by atoms with E-state index in [4.69, 9.17) is 10.7 Å². The molecule has 0 amide bonds. The number of hydrogen-bond acceptors (Lipinski definition) is 2. The van der Waals surface area contributed by atoms with Crippen LogP contribution in [-0.2, 0) is 0 Å². The van der Waals surface area contributed by atoms with E-state index in [0.717, 1.165) is 24.4 Å². The average Bonchev–Trinajstić information content (AvgIpc) is 3.05. The van der Waals surface area contributed by atoms with E-state index < -0.39 is 0 Å². The van der Waals surface area contributed by atoms with Gasteiger partial charge in [-0.05, 0) is 43.6 Å². The van der Waals surface area contributed by atoms with E-state index in [1.807, 2.05) is 6.20 Å². The van der Waals surface area contributed by atoms with Crippen molar-refractivity contribution in [2.75, 3.05) is 0 Å². The zero-order chi connectivity index (χ0) is 15.7. The Morgan fingerprint density at radius 1 is 1.04 bits per heavy atom. The largest absolute Gasteiger partial charge is 0.342 e. The van der Waals surface area contributed by atoms with Crippen LogP contribution in [0.3, 0.4) is 0 Å². The molecule has 3 N–H and O–H groups in total. The Balaban J connectivity index is 1.65. The number of hydrogen-bond donors (Lipinski definition) is 2. The molecule has 0 bridgehead atoms. The Morgan fingerprint density at radius 2 is 1.78 bits per heavy atom. The maximum absolute atomic E-state index is 6.80. The second kappa shape index (κ2) is 6.12. The molecule has 3 heteroatoms. The Morgan fingerprint density at radius 3 is 2.43 bits per heavy atom. The SMILES string of the molecule is NC1([C@@H](c2ncc(-c3ccccc3)[nH]2)C2CCCCC2)CCC1. The third-order valence-corrected chi connectivity index (χ3v) is 6.00. The van der Waals surface area contributed by atoms with Crippen LogP contribution in [0.1, 0.15) is 63.1 Å². The van der Waals surface area contributed by atoms with Crippen molar-refractivity contribution in [3.63, 3.8) is 0 Å². The first kappa shape index (κ1) is 14.9. The Bertz CT molecular complexity index is 636. The molecule has 1 atom stereocenters. The molecule has 4 rings (SSSR count). The van der Waals surface area contributed by atoms with Gasteiger partial charge < -0.3 is 10.7 Å². The number of nitrogens with one attached hydrogen (secondary N) is 1. The zero-order valence-electron chi connectivity index (χ0n) is 13.8. The molecule has 1 aromatic heterocycles. The summed E-state index contributed by atoms with van der Waals surface area (Å²) in [6.45, 7) is 0. The molecule has 2 aliphatic carbocycles. The lowest BCUT2D eigenvalue weighted by molar-refractivity contribution is 0.130. The van der Waals surface area contributed by atoms with Gasteiger partial charge in [-0.25, -0.2) is 4.98 Å². The van der Waals surface area contributed by atoms with Crippen LogP contribution in [-0.4, -0.2) is 15.5 Å². The molecule has 0 unspecified atom stereocenters. The predicted molar refractivity (Wildman–Crippen MR) is 94.1 cm³/mol. The number of nitrogens with two attached hydrogens (primary N) is 1. The molecule has 2 aromatic rings. The van der Waals surface area contributed by atoms with E-state index in [1.165, 1.54) is 44.1 Å². The Kier molecular flexibility index (Phi) is 3.98. The van der Waals surface area contributed by atoms with E-state index in [9.17, 15) is 0 Å². The first-order valence-corrected chi connectivity index (χ1v) is 9.15. The minimum atomic E-state index is -0.0339. The van der Waals surface area contributed by atoms with E-state index in [2.05, 4.69) is 35.3 Å². The van der Waals surface area contributed by atoms with E-state index in [0.29, 0.717) is 11.8 Å². The predicted octanol–water partition coefficient (Wildman–Crippen LogP) is 4.62. The standard InChI is InChI=1S/C20H27N3/c21-20(12-7-13-20)18(16-10-5-2-6-11-16)19-22-14-17(23-19)15-8-3-1-4-9-15/h1,3-4,8-9,14,16,18H,2,5-7,10-13,21H2,(H,22,23)/t18-/m1/s1. The Hall–Kier alpha value is -1.61.